The summed E-state index contributed by atoms with van der Waals surface area (Å²) in [6.45, 7) is 3.83. The van der Waals surface area contributed by atoms with E-state index in [9.17, 15) is 18.8 Å². The Labute approximate surface area is 207 Å². The number of para-hydroxylation sites is 1. The lowest BCUT2D eigenvalue weighted by atomic mass is 10.2. The molecule has 0 spiro atoms. The number of nitrogens with one attached hydrogen (secondary N) is 3. The number of ether oxygens (including phenoxy) is 2. The molecule has 0 saturated heterocycles. The first kappa shape index (κ1) is 25.9. The van der Waals surface area contributed by atoms with Crippen molar-refractivity contribution in [1.29, 1.82) is 0 Å². The number of hydrazone groups is 1. The van der Waals surface area contributed by atoms with Gasteiger partial charge in [0.25, 0.3) is 5.91 Å². The average molecular weight is 493 g/mol. The Morgan fingerprint density at radius 3 is 2.39 bits per heavy atom. The second-order valence-electron chi connectivity index (χ2n) is 7.45. The Balaban J connectivity index is 1.56. The van der Waals surface area contributed by atoms with Crippen molar-refractivity contribution in [2.24, 2.45) is 5.10 Å². The summed E-state index contributed by atoms with van der Waals surface area (Å²) < 4.78 is 24.2. The number of aryl methyl sites for hydroxylation is 1. The van der Waals surface area contributed by atoms with Crippen LogP contribution in [0.5, 0.6) is 11.5 Å². The smallest absolute Gasteiger partial charge is 0.329 e. The molecule has 0 aliphatic carbocycles. The fourth-order valence-corrected chi connectivity index (χ4v) is 2.97. The molecule has 9 nitrogen and oxygen atoms in total. The van der Waals surface area contributed by atoms with Crippen LogP contribution in [-0.4, -0.2) is 37.1 Å². The fraction of sp³-hybridized carbons (Fsp3) is 0.154. The number of benzene rings is 3. The third-order valence-corrected chi connectivity index (χ3v) is 4.73. The molecule has 3 amide bonds. The first-order chi connectivity index (χ1) is 17.4. The predicted octanol–water partition coefficient (Wildman–Crippen LogP) is 3.64. The lowest BCUT2D eigenvalue weighted by Crippen LogP contribution is -2.32. The van der Waals surface area contributed by atoms with Gasteiger partial charge in [-0.3, -0.25) is 14.4 Å². The molecule has 0 bridgehead atoms. The molecule has 0 radical (unpaired) electrons. The number of rotatable bonds is 9. The van der Waals surface area contributed by atoms with Crippen LogP contribution in [0.2, 0.25) is 0 Å². The van der Waals surface area contributed by atoms with Gasteiger partial charge in [0.15, 0.2) is 18.1 Å². The largest absolute Gasteiger partial charge is 0.490 e. The van der Waals surface area contributed by atoms with Crippen molar-refractivity contribution in [1.82, 2.24) is 5.43 Å². The van der Waals surface area contributed by atoms with Crippen molar-refractivity contribution in [3.63, 3.8) is 0 Å². The molecule has 0 saturated carbocycles. The molecular formula is C26H25FN4O5. The summed E-state index contributed by atoms with van der Waals surface area (Å²) in [5.41, 5.74) is 4.57. The number of amides is 3. The van der Waals surface area contributed by atoms with Gasteiger partial charge in [0.2, 0.25) is 0 Å². The van der Waals surface area contributed by atoms with Gasteiger partial charge < -0.3 is 20.1 Å². The zero-order valence-electron chi connectivity index (χ0n) is 19.7. The van der Waals surface area contributed by atoms with Gasteiger partial charge in [-0.2, -0.15) is 5.10 Å². The standard InChI is InChI=1S/C26H25FN4O5/c1-3-35-23-14-18(15-28-31-26(34)25(33)29-20-11-9-19(27)10-12-20)8-13-22(23)36-16-24(32)30-21-7-5-4-6-17(21)2/h4-15H,3,16H2,1-2H3,(H,29,33)(H,30,32)(H,31,34)/b28-15-. The van der Waals surface area contributed by atoms with Crippen LogP contribution in [0.3, 0.4) is 0 Å². The van der Waals surface area contributed by atoms with E-state index < -0.39 is 17.6 Å². The van der Waals surface area contributed by atoms with E-state index in [1.165, 1.54) is 18.3 Å². The van der Waals surface area contributed by atoms with Gasteiger partial charge >= 0.3 is 11.8 Å². The maximum atomic E-state index is 12.9. The maximum absolute atomic E-state index is 12.9. The number of carbonyl (C=O) groups is 3. The van der Waals surface area contributed by atoms with E-state index in [4.69, 9.17) is 9.47 Å². The summed E-state index contributed by atoms with van der Waals surface area (Å²) in [5.74, 6) is -2.00. The second-order valence-corrected chi connectivity index (χ2v) is 7.45. The summed E-state index contributed by atoms with van der Waals surface area (Å²) in [6.07, 6.45) is 1.32. The zero-order chi connectivity index (χ0) is 25.9. The van der Waals surface area contributed by atoms with Gasteiger partial charge in [0.1, 0.15) is 5.82 Å². The highest BCUT2D eigenvalue weighted by Crippen LogP contribution is 2.28. The van der Waals surface area contributed by atoms with Gasteiger partial charge in [-0.25, -0.2) is 9.82 Å². The number of nitrogens with zero attached hydrogens (tertiary/aromatic N) is 1. The molecule has 0 unspecified atom stereocenters. The molecule has 0 aliphatic rings. The van der Waals surface area contributed by atoms with Crippen molar-refractivity contribution in [2.45, 2.75) is 13.8 Å². The van der Waals surface area contributed by atoms with Crippen LogP contribution in [0, 0.1) is 12.7 Å². The first-order valence-electron chi connectivity index (χ1n) is 11.0. The summed E-state index contributed by atoms with van der Waals surface area (Å²) in [4.78, 5) is 36.1. The monoisotopic (exact) mass is 492 g/mol. The number of carbonyl (C=O) groups excluding carboxylic acids is 3. The molecule has 0 atom stereocenters. The van der Waals surface area contributed by atoms with E-state index >= 15 is 0 Å². The van der Waals surface area contributed by atoms with Crippen LogP contribution in [0.1, 0.15) is 18.1 Å². The van der Waals surface area contributed by atoms with Crippen molar-refractivity contribution < 1.29 is 28.2 Å². The van der Waals surface area contributed by atoms with E-state index in [-0.39, 0.29) is 18.2 Å². The number of hydrogen-bond donors (Lipinski definition) is 3. The van der Waals surface area contributed by atoms with Crippen molar-refractivity contribution in [3.8, 4) is 11.5 Å². The molecule has 3 N–H and O–H groups in total. The molecule has 0 aliphatic heterocycles. The Morgan fingerprint density at radius 1 is 0.917 bits per heavy atom. The van der Waals surface area contributed by atoms with Crippen LogP contribution < -0.4 is 25.5 Å². The van der Waals surface area contributed by atoms with Gasteiger partial charge in [-0.15, -0.1) is 0 Å². The first-order valence-corrected chi connectivity index (χ1v) is 11.0. The highest BCUT2D eigenvalue weighted by molar-refractivity contribution is 6.39. The van der Waals surface area contributed by atoms with Gasteiger partial charge in [0, 0.05) is 11.4 Å². The molecule has 3 rings (SSSR count). The summed E-state index contributed by atoms with van der Waals surface area (Å²) >= 11 is 0. The van der Waals surface area contributed by atoms with E-state index in [2.05, 4.69) is 21.2 Å². The van der Waals surface area contributed by atoms with E-state index in [0.29, 0.717) is 29.4 Å². The van der Waals surface area contributed by atoms with Gasteiger partial charge in [0.05, 0.1) is 12.8 Å². The molecule has 3 aromatic carbocycles. The van der Waals surface area contributed by atoms with Crippen LogP contribution in [0.25, 0.3) is 0 Å². The SMILES string of the molecule is CCOc1cc(/C=N\NC(=O)C(=O)Nc2ccc(F)cc2)ccc1OCC(=O)Nc1ccccc1C. The highest BCUT2D eigenvalue weighted by Gasteiger charge is 2.13. The number of halogens is 1. The third kappa shape index (κ3) is 7.66. The van der Waals surface area contributed by atoms with E-state index in [1.807, 2.05) is 25.1 Å². The molecule has 3 aromatic rings. The summed E-state index contributed by atoms with van der Waals surface area (Å²) in [6, 6.07) is 17.3. The summed E-state index contributed by atoms with van der Waals surface area (Å²) in [5, 5.41) is 8.90. The minimum absolute atomic E-state index is 0.221. The quantitative estimate of drug-likeness (QED) is 0.240. The lowest BCUT2D eigenvalue weighted by molar-refractivity contribution is -0.136. The lowest BCUT2D eigenvalue weighted by Gasteiger charge is -2.13. The minimum atomic E-state index is -1.000. The Bertz CT molecular complexity index is 1260. The Morgan fingerprint density at radius 2 is 1.67 bits per heavy atom. The average Bonchev–Trinajstić information content (AvgIpc) is 2.86. The third-order valence-electron chi connectivity index (χ3n) is 4.73. The van der Waals surface area contributed by atoms with Crippen LogP contribution in [-0.2, 0) is 14.4 Å². The molecule has 186 valence electrons. The number of anilines is 2. The molecule has 10 heteroatoms. The topological polar surface area (TPSA) is 118 Å². The Hall–Kier alpha value is -4.73. The number of hydrogen-bond acceptors (Lipinski definition) is 6. The molecule has 0 fully saturated rings. The maximum Gasteiger partial charge on any atom is 0.329 e. The fourth-order valence-electron chi connectivity index (χ4n) is 2.97. The molecule has 36 heavy (non-hydrogen) atoms. The summed E-state index contributed by atoms with van der Waals surface area (Å²) in [7, 11) is 0. The van der Waals surface area contributed by atoms with Crippen LogP contribution in [0.15, 0.2) is 71.8 Å². The van der Waals surface area contributed by atoms with Gasteiger partial charge in [-0.05, 0) is 73.5 Å². The van der Waals surface area contributed by atoms with E-state index in [1.54, 1.807) is 31.2 Å². The Kier molecular flexibility index (Phi) is 9.10. The normalized spacial score (nSPS) is 10.5. The zero-order valence-corrected chi connectivity index (χ0v) is 19.7. The van der Waals surface area contributed by atoms with Gasteiger partial charge in [-0.1, -0.05) is 18.2 Å². The van der Waals surface area contributed by atoms with Crippen molar-refractivity contribution in [3.05, 3.63) is 83.7 Å². The molecular weight excluding hydrogens is 467 g/mol. The van der Waals surface area contributed by atoms with E-state index in [0.717, 1.165) is 17.7 Å². The van der Waals surface area contributed by atoms with Crippen molar-refractivity contribution >= 4 is 35.3 Å². The second kappa shape index (κ2) is 12.7. The molecule has 0 aromatic heterocycles. The van der Waals surface area contributed by atoms with Crippen molar-refractivity contribution in [2.75, 3.05) is 23.8 Å². The van der Waals surface area contributed by atoms with Crippen LogP contribution >= 0.6 is 0 Å². The minimum Gasteiger partial charge on any atom is -0.490 e. The highest BCUT2D eigenvalue weighted by atomic mass is 19.1. The molecule has 0 heterocycles. The van der Waals surface area contributed by atoms with Crippen LogP contribution in [0.4, 0.5) is 15.8 Å². The predicted molar refractivity (Wildman–Crippen MR) is 134 cm³/mol.